The Balaban J connectivity index is 3.66. The molecule has 0 saturated carbocycles. The molecule has 0 aromatic heterocycles. The van der Waals surface area contributed by atoms with Crippen molar-refractivity contribution in [2.75, 3.05) is 5.75 Å². The number of hydrogen-bond donors (Lipinski definition) is 1. The van der Waals surface area contributed by atoms with Gasteiger partial charge >= 0.3 is 0 Å². The fraction of sp³-hybridized carbons (Fsp3) is 0.588. The van der Waals surface area contributed by atoms with Gasteiger partial charge in [0, 0.05) is 10.0 Å². The molecule has 0 aliphatic carbocycles. The highest BCUT2D eigenvalue weighted by molar-refractivity contribution is 9.10. The molecule has 27 heavy (non-hydrogen) atoms. The predicted molar refractivity (Wildman–Crippen MR) is 106 cm³/mol. The second-order valence-corrected chi connectivity index (χ2v) is 13.4. The number of nitrogens with one attached hydrogen (secondary N) is 1. The van der Waals surface area contributed by atoms with E-state index < -0.39 is 53.2 Å². The van der Waals surface area contributed by atoms with Gasteiger partial charge in [0.05, 0.1) is 33.1 Å². The maximum atomic E-state index is 14.6. The summed E-state index contributed by atoms with van der Waals surface area (Å²) in [4.78, 5) is 0. The minimum atomic E-state index is -4.11. The third kappa shape index (κ3) is 5.34. The third-order valence-electron chi connectivity index (χ3n) is 3.99. The molecule has 2 atom stereocenters. The summed E-state index contributed by atoms with van der Waals surface area (Å²) in [6, 6.07) is 3.85. The lowest BCUT2D eigenvalue weighted by atomic mass is 9.94. The Labute approximate surface area is 170 Å². The van der Waals surface area contributed by atoms with E-state index in [1.54, 1.807) is 26.8 Å². The summed E-state index contributed by atoms with van der Waals surface area (Å²) in [7, 11) is -5.91. The van der Waals surface area contributed by atoms with Crippen molar-refractivity contribution in [3.05, 3.63) is 33.8 Å². The number of halogens is 3. The monoisotopic (exact) mass is 484 g/mol. The average molecular weight is 485 g/mol. The fourth-order valence-corrected chi connectivity index (χ4v) is 5.01. The quantitative estimate of drug-likeness (QED) is 0.623. The highest BCUT2D eigenvalue weighted by Crippen LogP contribution is 2.33. The first kappa shape index (κ1) is 24.1. The molecular weight excluding hydrogens is 462 g/mol. The SMILES string of the molecule is CC(C)(C)[S@](=O)N[C@](C)(CS(=O)(=O)C(C)(C)C#N)c1cc(Br)cc(F)c1F. The van der Waals surface area contributed by atoms with E-state index in [1.165, 1.54) is 26.8 Å². The van der Waals surface area contributed by atoms with Crippen LogP contribution in [0.1, 0.15) is 47.1 Å². The smallest absolute Gasteiger partial charge is 0.170 e. The van der Waals surface area contributed by atoms with Crippen molar-refractivity contribution >= 4 is 36.8 Å². The van der Waals surface area contributed by atoms with E-state index >= 15 is 0 Å². The molecule has 5 nitrogen and oxygen atoms in total. The molecule has 0 saturated heterocycles. The summed E-state index contributed by atoms with van der Waals surface area (Å²) in [5, 5.41) is 9.20. The van der Waals surface area contributed by atoms with E-state index in [-0.39, 0.29) is 10.0 Å². The van der Waals surface area contributed by atoms with Crippen LogP contribution in [0.3, 0.4) is 0 Å². The molecule has 0 unspecified atom stereocenters. The zero-order valence-electron chi connectivity index (χ0n) is 16.0. The minimum Gasteiger partial charge on any atom is -0.242 e. The molecule has 10 heteroatoms. The number of nitriles is 1. The maximum Gasteiger partial charge on any atom is 0.170 e. The first-order chi connectivity index (χ1) is 12.0. The van der Waals surface area contributed by atoms with Crippen molar-refractivity contribution in [2.24, 2.45) is 0 Å². The van der Waals surface area contributed by atoms with Crippen LogP contribution in [0.15, 0.2) is 16.6 Å². The van der Waals surface area contributed by atoms with Crippen molar-refractivity contribution < 1.29 is 21.4 Å². The molecule has 1 N–H and O–H groups in total. The molecular formula is C17H23BrF2N2O3S2. The molecule has 0 aliphatic heterocycles. The Bertz CT molecular complexity index is 906. The minimum absolute atomic E-state index is 0.197. The molecule has 0 bridgehead atoms. The van der Waals surface area contributed by atoms with Crippen LogP contribution in [0.5, 0.6) is 0 Å². The van der Waals surface area contributed by atoms with E-state index in [4.69, 9.17) is 0 Å². The number of rotatable bonds is 6. The molecule has 0 heterocycles. The van der Waals surface area contributed by atoms with Crippen LogP contribution < -0.4 is 4.72 Å². The molecule has 0 spiro atoms. The van der Waals surface area contributed by atoms with E-state index in [0.717, 1.165) is 6.07 Å². The molecule has 1 rings (SSSR count). The van der Waals surface area contributed by atoms with Crippen molar-refractivity contribution in [1.82, 2.24) is 4.72 Å². The maximum absolute atomic E-state index is 14.6. The Morgan fingerprint density at radius 1 is 1.19 bits per heavy atom. The molecule has 0 radical (unpaired) electrons. The summed E-state index contributed by atoms with van der Waals surface area (Å²) in [5.41, 5.74) is -2.05. The Kier molecular flexibility index (Phi) is 7.02. The topological polar surface area (TPSA) is 87.0 Å². The molecule has 1 aromatic rings. The highest BCUT2D eigenvalue weighted by Gasteiger charge is 2.44. The van der Waals surface area contributed by atoms with Gasteiger partial charge in [0.25, 0.3) is 0 Å². The van der Waals surface area contributed by atoms with Crippen molar-refractivity contribution in [1.29, 1.82) is 5.26 Å². The Morgan fingerprint density at radius 3 is 2.15 bits per heavy atom. The van der Waals surface area contributed by atoms with Crippen LogP contribution in [0.2, 0.25) is 0 Å². The first-order valence-corrected chi connectivity index (χ1v) is 11.5. The lowest BCUT2D eigenvalue weighted by Gasteiger charge is -2.35. The summed E-state index contributed by atoms with van der Waals surface area (Å²) < 4.78 is 67.1. The van der Waals surface area contributed by atoms with Gasteiger partial charge in [-0.05, 0) is 53.7 Å². The van der Waals surface area contributed by atoms with E-state index in [2.05, 4.69) is 20.7 Å². The molecule has 0 aliphatic rings. The Hall–Kier alpha value is -0.890. The van der Waals surface area contributed by atoms with Gasteiger partial charge in [-0.25, -0.2) is 26.1 Å². The van der Waals surface area contributed by atoms with Crippen LogP contribution in [-0.2, 0) is 26.4 Å². The van der Waals surface area contributed by atoms with Gasteiger partial charge in [-0.1, -0.05) is 15.9 Å². The number of sulfone groups is 1. The van der Waals surface area contributed by atoms with Crippen LogP contribution in [0.25, 0.3) is 0 Å². The van der Waals surface area contributed by atoms with Gasteiger partial charge in [-0.2, -0.15) is 5.26 Å². The van der Waals surface area contributed by atoms with Crippen molar-refractivity contribution in [2.45, 2.75) is 56.6 Å². The van der Waals surface area contributed by atoms with E-state index in [0.29, 0.717) is 0 Å². The first-order valence-electron chi connectivity index (χ1n) is 7.95. The molecule has 1 aromatic carbocycles. The third-order valence-corrected chi connectivity index (χ3v) is 8.80. The lowest BCUT2D eigenvalue weighted by Crippen LogP contribution is -2.52. The van der Waals surface area contributed by atoms with E-state index in [1.807, 2.05) is 0 Å². The van der Waals surface area contributed by atoms with Crippen LogP contribution in [-0.4, -0.2) is 27.9 Å². The summed E-state index contributed by atoms with van der Waals surface area (Å²) in [6.45, 7) is 8.74. The highest BCUT2D eigenvalue weighted by atomic mass is 79.9. The predicted octanol–water partition coefficient (Wildman–Crippen LogP) is 3.71. The lowest BCUT2D eigenvalue weighted by molar-refractivity contribution is 0.425. The van der Waals surface area contributed by atoms with Gasteiger partial charge in [0.15, 0.2) is 26.2 Å². The standard InChI is InChI=1S/C17H23BrF2N2O3S2/c1-15(2,3)26(23)22-17(6,10-27(24,25)16(4,5)9-21)12-7-11(18)8-13(19)14(12)20/h7-8,22H,10H2,1-6H3/t17-,26+/m1/s1. The summed E-state index contributed by atoms with van der Waals surface area (Å²) in [6.07, 6.45) is 0. The summed E-state index contributed by atoms with van der Waals surface area (Å²) >= 11 is 3.07. The second-order valence-electron chi connectivity index (χ2n) is 7.95. The molecule has 0 fully saturated rings. The van der Waals surface area contributed by atoms with Crippen molar-refractivity contribution in [3.63, 3.8) is 0 Å². The van der Waals surface area contributed by atoms with Gasteiger partial charge in [0.1, 0.15) is 0 Å². The van der Waals surface area contributed by atoms with Crippen LogP contribution >= 0.6 is 15.9 Å². The number of hydrogen-bond acceptors (Lipinski definition) is 4. The van der Waals surface area contributed by atoms with Crippen molar-refractivity contribution in [3.8, 4) is 6.07 Å². The number of benzene rings is 1. The van der Waals surface area contributed by atoms with Crippen LogP contribution in [0, 0.1) is 23.0 Å². The largest absolute Gasteiger partial charge is 0.242 e. The second kappa shape index (κ2) is 7.85. The zero-order valence-corrected chi connectivity index (χ0v) is 19.2. The normalized spacial score (nSPS) is 16.4. The fourth-order valence-electron chi connectivity index (χ4n) is 2.11. The molecule has 152 valence electrons. The Morgan fingerprint density at radius 2 is 1.70 bits per heavy atom. The number of nitrogens with zero attached hydrogens (tertiary/aromatic N) is 1. The van der Waals surface area contributed by atoms with E-state index in [9.17, 15) is 26.7 Å². The van der Waals surface area contributed by atoms with Crippen LogP contribution in [0.4, 0.5) is 8.78 Å². The average Bonchev–Trinajstić information content (AvgIpc) is 2.48. The summed E-state index contributed by atoms with van der Waals surface area (Å²) in [5.74, 6) is -3.18. The van der Waals surface area contributed by atoms with Gasteiger partial charge in [-0.15, -0.1) is 0 Å². The van der Waals surface area contributed by atoms with Gasteiger partial charge < -0.3 is 0 Å². The zero-order chi connectivity index (χ0) is 21.4. The van der Waals surface area contributed by atoms with Gasteiger partial charge in [-0.3, -0.25) is 0 Å². The van der Waals surface area contributed by atoms with Gasteiger partial charge in [0.2, 0.25) is 0 Å². The molecule has 0 amide bonds.